The number of aliphatic hydroxyl groups is 1. The zero-order chi connectivity index (χ0) is 10.7. The number of carbonyl (C=O) groups is 1. The molecule has 0 aliphatic rings. The molecule has 0 saturated heterocycles. The van der Waals surface area contributed by atoms with Crippen molar-refractivity contribution in [2.75, 3.05) is 6.61 Å². The molecule has 8 nitrogen and oxygen atoms in total. The van der Waals surface area contributed by atoms with Gasteiger partial charge in [0.1, 0.15) is 6.20 Å². The molecule has 0 atom stereocenters. The zero-order valence-corrected chi connectivity index (χ0v) is 7.08. The van der Waals surface area contributed by atoms with Gasteiger partial charge in [-0.3, -0.25) is 9.36 Å². The maximum atomic E-state index is 10.8. The number of rotatable bonds is 4. The van der Waals surface area contributed by atoms with E-state index in [-0.39, 0.29) is 19.0 Å². The molecule has 76 valence electrons. The normalized spacial score (nSPS) is 10.1. The molecule has 0 spiro atoms. The quantitative estimate of drug-likeness (QED) is 0.470. The second-order valence-electron chi connectivity index (χ2n) is 2.46. The first-order valence-corrected chi connectivity index (χ1v) is 3.68. The summed E-state index contributed by atoms with van der Waals surface area (Å²) in [7, 11) is 0. The van der Waals surface area contributed by atoms with Crippen molar-refractivity contribution >= 4 is 11.7 Å². The number of carbonyl (C=O) groups excluding carboxylic acids is 1. The lowest BCUT2D eigenvalue weighted by Crippen LogP contribution is -2.18. The van der Waals surface area contributed by atoms with Gasteiger partial charge in [-0.15, -0.1) is 0 Å². The van der Waals surface area contributed by atoms with Crippen LogP contribution < -0.4 is 5.73 Å². The Kier molecular flexibility index (Phi) is 2.77. The number of nitro groups is 1. The van der Waals surface area contributed by atoms with Gasteiger partial charge in [0.15, 0.2) is 0 Å². The summed E-state index contributed by atoms with van der Waals surface area (Å²) < 4.78 is 1.14. The highest BCUT2D eigenvalue weighted by Crippen LogP contribution is 2.10. The third kappa shape index (κ3) is 1.85. The van der Waals surface area contributed by atoms with Crippen LogP contribution >= 0.6 is 0 Å². The van der Waals surface area contributed by atoms with E-state index in [0.29, 0.717) is 0 Å². The summed E-state index contributed by atoms with van der Waals surface area (Å²) in [6.07, 6.45) is 1.05. The van der Waals surface area contributed by atoms with Crippen molar-refractivity contribution < 1.29 is 14.8 Å². The maximum Gasteiger partial charge on any atom is 0.382 e. The lowest BCUT2D eigenvalue weighted by atomic mass is 10.5. The van der Waals surface area contributed by atoms with E-state index in [4.69, 9.17) is 10.8 Å². The number of imidazole rings is 1. The predicted molar refractivity (Wildman–Crippen MR) is 44.5 cm³/mol. The number of nitrogens with zero attached hydrogens (tertiary/aromatic N) is 3. The van der Waals surface area contributed by atoms with Crippen LogP contribution in [0.25, 0.3) is 0 Å². The summed E-state index contributed by atoms with van der Waals surface area (Å²) in [5, 5.41) is 18.9. The fraction of sp³-hybridized carbons (Fsp3) is 0.333. The summed E-state index contributed by atoms with van der Waals surface area (Å²) in [6, 6.07) is 0. The van der Waals surface area contributed by atoms with Crippen LogP contribution in [0.4, 0.5) is 5.82 Å². The number of aromatic nitrogens is 2. The van der Waals surface area contributed by atoms with E-state index in [2.05, 4.69) is 4.98 Å². The lowest BCUT2D eigenvalue weighted by molar-refractivity contribution is -0.389. The van der Waals surface area contributed by atoms with Crippen molar-refractivity contribution in [1.29, 1.82) is 0 Å². The van der Waals surface area contributed by atoms with E-state index >= 15 is 0 Å². The molecule has 14 heavy (non-hydrogen) atoms. The fourth-order valence-electron chi connectivity index (χ4n) is 0.965. The Morgan fingerprint density at radius 3 is 2.86 bits per heavy atom. The van der Waals surface area contributed by atoms with Crippen LogP contribution in [-0.4, -0.2) is 32.1 Å². The molecule has 0 aliphatic carbocycles. The minimum absolute atomic E-state index is 0.0408. The SMILES string of the molecule is NC(=O)c1nc([N+](=O)[O-])cn1CCO. The van der Waals surface area contributed by atoms with Crippen LogP contribution in [0.2, 0.25) is 0 Å². The van der Waals surface area contributed by atoms with Crippen LogP contribution in [-0.2, 0) is 6.54 Å². The first-order chi connectivity index (χ1) is 6.56. The second-order valence-corrected chi connectivity index (χ2v) is 2.46. The van der Waals surface area contributed by atoms with Gasteiger partial charge in [-0.05, 0) is 9.91 Å². The molecule has 0 bridgehead atoms. The third-order valence-electron chi connectivity index (χ3n) is 1.51. The molecule has 0 aromatic carbocycles. The number of hydrogen-bond donors (Lipinski definition) is 2. The Balaban J connectivity index is 3.12. The molecule has 0 aliphatic heterocycles. The van der Waals surface area contributed by atoms with Crippen LogP contribution in [0.15, 0.2) is 6.20 Å². The van der Waals surface area contributed by atoms with Crippen molar-refractivity contribution in [3.05, 3.63) is 22.1 Å². The number of primary amides is 1. The molecule has 1 aromatic rings. The molecule has 1 rings (SSSR count). The number of nitrogens with two attached hydrogens (primary N) is 1. The van der Waals surface area contributed by atoms with Crippen molar-refractivity contribution in [2.45, 2.75) is 6.54 Å². The minimum Gasteiger partial charge on any atom is -0.395 e. The van der Waals surface area contributed by atoms with E-state index in [9.17, 15) is 14.9 Å². The second kappa shape index (κ2) is 3.83. The number of aliphatic hydroxyl groups excluding tert-OH is 1. The van der Waals surface area contributed by atoms with Gasteiger partial charge in [-0.1, -0.05) is 0 Å². The molecule has 1 heterocycles. The molecule has 3 N–H and O–H groups in total. The third-order valence-corrected chi connectivity index (χ3v) is 1.51. The Morgan fingerprint density at radius 1 is 1.79 bits per heavy atom. The molecule has 0 fully saturated rings. The predicted octanol–water partition coefficient (Wildman–Crippen LogP) is -1.12. The van der Waals surface area contributed by atoms with Gasteiger partial charge in [0, 0.05) is 6.54 Å². The molecular formula is C6H8N4O4. The Labute approximate surface area is 78.1 Å². The van der Waals surface area contributed by atoms with Crippen molar-refractivity contribution in [1.82, 2.24) is 9.55 Å². The summed E-state index contributed by atoms with van der Waals surface area (Å²) >= 11 is 0. The highest BCUT2D eigenvalue weighted by atomic mass is 16.6. The average molecular weight is 200 g/mol. The van der Waals surface area contributed by atoms with Crippen molar-refractivity contribution in [3.63, 3.8) is 0 Å². The van der Waals surface area contributed by atoms with E-state index in [1.165, 1.54) is 0 Å². The number of amides is 1. The summed E-state index contributed by atoms with van der Waals surface area (Å²) in [5.74, 6) is -1.57. The zero-order valence-electron chi connectivity index (χ0n) is 7.08. The van der Waals surface area contributed by atoms with Gasteiger partial charge >= 0.3 is 17.5 Å². The Bertz CT molecular complexity index is 372. The summed E-state index contributed by atoms with van der Waals surface area (Å²) in [5.41, 5.74) is 4.93. The van der Waals surface area contributed by atoms with Crippen LogP contribution in [0.1, 0.15) is 10.6 Å². The maximum absolute atomic E-state index is 10.8. The molecular weight excluding hydrogens is 192 g/mol. The standard InChI is InChI=1S/C6H8N4O4/c7-5(12)6-8-4(10(13)14)3-9(6)1-2-11/h3,11H,1-2H2,(H2,7,12). The minimum atomic E-state index is -0.869. The Hall–Kier alpha value is -1.96. The first kappa shape index (κ1) is 10.1. The van der Waals surface area contributed by atoms with Gasteiger partial charge in [0.2, 0.25) is 0 Å². The van der Waals surface area contributed by atoms with Crippen molar-refractivity contribution in [3.8, 4) is 0 Å². The molecule has 1 aromatic heterocycles. The van der Waals surface area contributed by atoms with Gasteiger partial charge in [0.05, 0.1) is 6.61 Å². The van der Waals surface area contributed by atoms with Crippen LogP contribution in [0.3, 0.4) is 0 Å². The van der Waals surface area contributed by atoms with Crippen LogP contribution in [0.5, 0.6) is 0 Å². The van der Waals surface area contributed by atoms with Crippen molar-refractivity contribution in [2.24, 2.45) is 5.73 Å². The molecule has 1 amide bonds. The molecule has 0 radical (unpaired) electrons. The largest absolute Gasteiger partial charge is 0.395 e. The van der Waals surface area contributed by atoms with E-state index in [1.54, 1.807) is 0 Å². The summed E-state index contributed by atoms with van der Waals surface area (Å²) in [4.78, 5) is 23.7. The lowest BCUT2D eigenvalue weighted by Gasteiger charge is -1.96. The van der Waals surface area contributed by atoms with Gasteiger partial charge < -0.3 is 21.0 Å². The van der Waals surface area contributed by atoms with E-state index in [0.717, 1.165) is 10.8 Å². The van der Waals surface area contributed by atoms with Gasteiger partial charge in [0.25, 0.3) is 0 Å². The highest BCUT2D eigenvalue weighted by molar-refractivity contribution is 5.89. The number of hydrogen-bond acceptors (Lipinski definition) is 5. The fourth-order valence-corrected chi connectivity index (χ4v) is 0.965. The molecule has 0 saturated carbocycles. The Morgan fingerprint density at radius 2 is 2.43 bits per heavy atom. The van der Waals surface area contributed by atoms with Crippen LogP contribution in [0, 0.1) is 10.1 Å². The molecule has 8 heteroatoms. The summed E-state index contributed by atoms with van der Waals surface area (Å²) in [6.45, 7) is -0.215. The molecule has 0 unspecified atom stereocenters. The van der Waals surface area contributed by atoms with E-state index in [1.807, 2.05) is 0 Å². The first-order valence-electron chi connectivity index (χ1n) is 3.68. The van der Waals surface area contributed by atoms with Gasteiger partial charge in [-0.2, -0.15) is 0 Å². The topological polar surface area (TPSA) is 124 Å². The van der Waals surface area contributed by atoms with E-state index < -0.39 is 16.6 Å². The highest BCUT2D eigenvalue weighted by Gasteiger charge is 2.22. The average Bonchev–Trinajstić information content (AvgIpc) is 2.49. The van der Waals surface area contributed by atoms with Gasteiger partial charge in [-0.25, -0.2) is 0 Å². The smallest absolute Gasteiger partial charge is 0.382 e. The monoisotopic (exact) mass is 200 g/mol.